The number of rotatable bonds is 4. The van der Waals surface area contributed by atoms with E-state index in [1.54, 1.807) is 25.3 Å². The van der Waals surface area contributed by atoms with Crippen LogP contribution in [0.2, 0.25) is 0 Å². The quantitative estimate of drug-likeness (QED) is 0.746. The minimum atomic E-state index is -0.186. The van der Waals surface area contributed by atoms with Gasteiger partial charge in [-0.3, -0.25) is 4.79 Å². The molecule has 26 heavy (non-hydrogen) atoms. The zero-order chi connectivity index (χ0) is 18.7. The maximum absolute atomic E-state index is 12.7. The highest BCUT2D eigenvalue weighted by Crippen LogP contribution is 2.30. The van der Waals surface area contributed by atoms with Crippen molar-refractivity contribution in [1.29, 1.82) is 0 Å². The van der Waals surface area contributed by atoms with E-state index >= 15 is 0 Å². The lowest BCUT2D eigenvalue weighted by Crippen LogP contribution is -2.44. The Kier molecular flexibility index (Phi) is 5.68. The third-order valence-corrected chi connectivity index (χ3v) is 5.15. The lowest BCUT2D eigenvalue weighted by Gasteiger charge is -2.35. The Balaban J connectivity index is 1.83. The average Bonchev–Trinajstić information content (AvgIpc) is 2.63. The van der Waals surface area contributed by atoms with Crippen LogP contribution in [0.3, 0.4) is 0 Å². The summed E-state index contributed by atoms with van der Waals surface area (Å²) >= 11 is 3.42. The molecule has 0 unspecified atom stereocenters. The van der Waals surface area contributed by atoms with Crippen LogP contribution in [0.15, 0.2) is 40.9 Å². The summed E-state index contributed by atoms with van der Waals surface area (Å²) in [6.07, 6.45) is 0. The van der Waals surface area contributed by atoms with Crippen LogP contribution in [0.25, 0.3) is 0 Å². The van der Waals surface area contributed by atoms with E-state index in [1.807, 2.05) is 18.2 Å². The van der Waals surface area contributed by atoms with Gasteiger partial charge in [-0.25, -0.2) is 0 Å². The minimum Gasteiger partial charge on any atom is -0.496 e. The summed E-state index contributed by atoms with van der Waals surface area (Å²) < 4.78 is 5.95. The first-order chi connectivity index (χ1) is 12.5. The lowest BCUT2D eigenvalue weighted by molar-refractivity contribution is 0.102. The fourth-order valence-corrected chi connectivity index (χ4v) is 3.52. The highest BCUT2D eigenvalue weighted by molar-refractivity contribution is 9.10. The van der Waals surface area contributed by atoms with Gasteiger partial charge in [-0.05, 0) is 59.4 Å². The molecular formula is C19H23BrN4O2. The molecule has 7 heteroatoms. The van der Waals surface area contributed by atoms with Crippen molar-refractivity contribution in [2.75, 3.05) is 56.3 Å². The smallest absolute Gasteiger partial charge is 0.255 e. The number of methoxy groups -OCH3 is 1. The number of carbonyl (C=O) groups is 1. The van der Waals surface area contributed by atoms with Crippen LogP contribution in [-0.4, -0.2) is 51.1 Å². The van der Waals surface area contributed by atoms with E-state index in [2.05, 4.69) is 38.1 Å². The molecule has 0 aliphatic carbocycles. The number of carbonyl (C=O) groups excluding carboxylic acids is 1. The van der Waals surface area contributed by atoms with E-state index in [4.69, 9.17) is 10.5 Å². The Labute approximate surface area is 162 Å². The summed E-state index contributed by atoms with van der Waals surface area (Å²) in [5.74, 6) is 0.498. The first kappa shape index (κ1) is 18.5. The molecule has 1 saturated heterocycles. The van der Waals surface area contributed by atoms with Gasteiger partial charge in [-0.15, -0.1) is 0 Å². The minimum absolute atomic E-state index is 0.186. The summed E-state index contributed by atoms with van der Waals surface area (Å²) in [6, 6.07) is 10.9. The number of nitrogens with two attached hydrogens (primary N) is 1. The molecule has 0 saturated carbocycles. The number of likely N-dealkylation sites (N-methyl/N-ethyl adjacent to an activating group) is 1. The number of nitrogens with one attached hydrogen (secondary N) is 1. The van der Waals surface area contributed by atoms with E-state index in [1.165, 1.54) is 0 Å². The van der Waals surface area contributed by atoms with E-state index in [9.17, 15) is 4.79 Å². The van der Waals surface area contributed by atoms with Gasteiger partial charge in [0.05, 0.1) is 23.0 Å². The number of anilines is 3. The molecule has 0 bridgehead atoms. The number of hydrogen-bond donors (Lipinski definition) is 2. The number of hydrogen-bond acceptors (Lipinski definition) is 5. The van der Waals surface area contributed by atoms with Crippen molar-refractivity contribution in [1.82, 2.24) is 4.90 Å². The second-order valence-corrected chi connectivity index (χ2v) is 7.22. The van der Waals surface area contributed by atoms with Gasteiger partial charge in [0.1, 0.15) is 5.75 Å². The van der Waals surface area contributed by atoms with E-state index in [-0.39, 0.29) is 5.91 Å². The number of ether oxygens (including phenoxy) is 1. The first-order valence-electron chi connectivity index (χ1n) is 8.46. The summed E-state index contributed by atoms with van der Waals surface area (Å²) in [7, 11) is 3.71. The maximum Gasteiger partial charge on any atom is 0.255 e. The zero-order valence-corrected chi connectivity index (χ0v) is 16.5. The van der Waals surface area contributed by atoms with E-state index in [0.29, 0.717) is 17.0 Å². The third kappa shape index (κ3) is 4.11. The summed E-state index contributed by atoms with van der Waals surface area (Å²) in [5, 5.41) is 3.01. The number of halogens is 1. The van der Waals surface area contributed by atoms with Crippen molar-refractivity contribution in [3.63, 3.8) is 0 Å². The van der Waals surface area contributed by atoms with Crippen molar-refractivity contribution in [2.45, 2.75) is 0 Å². The normalized spacial score (nSPS) is 15.0. The van der Waals surface area contributed by atoms with Crippen molar-refractivity contribution >= 4 is 38.9 Å². The monoisotopic (exact) mass is 418 g/mol. The van der Waals surface area contributed by atoms with Crippen LogP contribution >= 0.6 is 15.9 Å². The van der Waals surface area contributed by atoms with Crippen molar-refractivity contribution in [2.24, 2.45) is 0 Å². The van der Waals surface area contributed by atoms with Gasteiger partial charge in [0.15, 0.2) is 0 Å². The highest BCUT2D eigenvalue weighted by atomic mass is 79.9. The summed E-state index contributed by atoms with van der Waals surface area (Å²) in [5.41, 5.74) is 8.84. The molecule has 0 aromatic heterocycles. The molecular weight excluding hydrogens is 396 g/mol. The Morgan fingerprint density at radius 1 is 1.15 bits per heavy atom. The van der Waals surface area contributed by atoms with Crippen LogP contribution in [0.4, 0.5) is 17.1 Å². The van der Waals surface area contributed by atoms with Gasteiger partial charge in [-0.2, -0.15) is 0 Å². The molecule has 3 rings (SSSR count). The predicted molar refractivity (Wildman–Crippen MR) is 109 cm³/mol. The van der Waals surface area contributed by atoms with Crippen LogP contribution in [-0.2, 0) is 0 Å². The number of benzene rings is 2. The molecule has 1 aliphatic rings. The molecule has 3 N–H and O–H groups in total. The third-order valence-electron chi connectivity index (χ3n) is 4.53. The summed E-state index contributed by atoms with van der Waals surface area (Å²) in [4.78, 5) is 17.3. The summed E-state index contributed by atoms with van der Waals surface area (Å²) in [6.45, 7) is 3.81. The molecule has 0 spiro atoms. The molecule has 2 aromatic rings. The number of amides is 1. The Morgan fingerprint density at radius 3 is 2.54 bits per heavy atom. The van der Waals surface area contributed by atoms with Gasteiger partial charge < -0.3 is 25.6 Å². The second kappa shape index (κ2) is 7.97. The van der Waals surface area contributed by atoms with Crippen molar-refractivity contribution < 1.29 is 9.53 Å². The standard InChI is InChI=1S/C19H23BrN4O2/c1-23-7-9-24(10-8-23)17-5-4-14(21)12-16(17)22-19(25)13-3-6-18(26-2)15(20)11-13/h3-6,11-12H,7-10,21H2,1-2H3,(H,22,25). The number of piperazine rings is 1. The van der Waals surface area contributed by atoms with Gasteiger partial charge in [0.25, 0.3) is 5.91 Å². The molecule has 0 radical (unpaired) electrons. The first-order valence-corrected chi connectivity index (χ1v) is 9.25. The topological polar surface area (TPSA) is 70.8 Å². The fraction of sp³-hybridized carbons (Fsp3) is 0.316. The highest BCUT2D eigenvalue weighted by Gasteiger charge is 2.19. The Morgan fingerprint density at radius 2 is 1.88 bits per heavy atom. The van der Waals surface area contributed by atoms with E-state index < -0.39 is 0 Å². The van der Waals surface area contributed by atoms with E-state index in [0.717, 1.165) is 42.0 Å². The predicted octanol–water partition coefficient (Wildman–Crippen LogP) is 3.04. The number of nitrogens with zero attached hydrogens (tertiary/aromatic N) is 2. The van der Waals surface area contributed by atoms with Crippen LogP contribution in [0.1, 0.15) is 10.4 Å². The molecule has 6 nitrogen and oxygen atoms in total. The molecule has 1 fully saturated rings. The fourth-order valence-electron chi connectivity index (χ4n) is 2.98. The van der Waals surface area contributed by atoms with Crippen LogP contribution < -0.4 is 20.7 Å². The molecule has 1 aliphatic heterocycles. The second-order valence-electron chi connectivity index (χ2n) is 6.37. The average molecular weight is 419 g/mol. The molecule has 138 valence electrons. The molecule has 0 atom stereocenters. The van der Waals surface area contributed by atoms with Crippen molar-refractivity contribution in [3.8, 4) is 5.75 Å². The maximum atomic E-state index is 12.7. The van der Waals surface area contributed by atoms with Crippen molar-refractivity contribution in [3.05, 3.63) is 46.4 Å². The largest absolute Gasteiger partial charge is 0.496 e. The van der Waals surface area contributed by atoms with Gasteiger partial charge in [0.2, 0.25) is 0 Å². The van der Waals surface area contributed by atoms with Crippen LogP contribution in [0.5, 0.6) is 5.75 Å². The number of nitrogen functional groups attached to an aromatic ring is 1. The lowest BCUT2D eigenvalue weighted by atomic mass is 10.1. The SMILES string of the molecule is COc1ccc(C(=O)Nc2cc(N)ccc2N2CCN(C)CC2)cc1Br. The van der Waals surface area contributed by atoms with Gasteiger partial charge >= 0.3 is 0 Å². The van der Waals surface area contributed by atoms with Gasteiger partial charge in [0, 0.05) is 37.4 Å². The zero-order valence-electron chi connectivity index (χ0n) is 15.0. The molecule has 2 aromatic carbocycles. The molecule has 1 heterocycles. The van der Waals surface area contributed by atoms with Crippen LogP contribution in [0, 0.1) is 0 Å². The molecule has 1 amide bonds. The van der Waals surface area contributed by atoms with Gasteiger partial charge in [-0.1, -0.05) is 0 Å². The Bertz CT molecular complexity index is 804. The Hall–Kier alpha value is -2.25.